The number of amides is 1. The summed E-state index contributed by atoms with van der Waals surface area (Å²) in [6.07, 6.45) is 0. The zero-order valence-electron chi connectivity index (χ0n) is 11.8. The Labute approximate surface area is 126 Å². The average Bonchev–Trinajstić information content (AvgIpc) is 2.46. The van der Waals surface area contributed by atoms with E-state index >= 15 is 0 Å². The van der Waals surface area contributed by atoms with Crippen molar-refractivity contribution in [3.63, 3.8) is 0 Å². The molecular formula is C13H15F3N2O3S. The molecule has 1 amide bonds. The highest BCUT2D eigenvalue weighted by Crippen LogP contribution is 2.36. The molecule has 1 aromatic carbocycles. The minimum Gasteiger partial charge on any atom is -0.367 e. The van der Waals surface area contributed by atoms with Gasteiger partial charge in [-0.1, -0.05) is 12.1 Å². The number of hydrogen-bond donors (Lipinski definition) is 0. The van der Waals surface area contributed by atoms with E-state index < -0.39 is 20.2 Å². The van der Waals surface area contributed by atoms with Gasteiger partial charge in [-0.25, -0.2) is 8.42 Å². The molecule has 0 aliphatic carbocycles. The molecular weight excluding hydrogens is 321 g/mol. The number of rotatable bonds is 2. The van der Waals surface area contributed by atoms with Crippen molar-refractivity contribution in [2.45, 2.75) is 17.3 Å². The molecule has 5 nitrogen and oxygen atoms in total. The second kappa shape index (κ2) is 5.79. The third kappa shape index (κ3) is 3.03. The van der Waals surface area contributed by atoms with Gasteiger partial charge in [0, 0.05) is 33.1 Å². The molecule has 1 aliphatic rings. The van der Waals surface area contributed by atoms with Crippen LogP contribution in [-0.2, 0) is 14.6 Å². The standard InChI is InChI=1S/C13H15F3N2O3S/c1-10(19)17-6-8-18(9-7-17)11-4-2-3-5-12(11)22(20,21)13(14,15)16/h2-5H,6-9H2,1H3. The van der Waals surface area contributed by atoms with Gasteiger partial charge in [0.25, 0.3) is 9.84 Å². The van der Waals surface area contributed by atoms with Gasteiger partial charge in [0.05, 0.1) is 10.6 Å². The van der Waals surface area contributed by atoms with Crippen LogP contribution in [0, 0.1) is 0 Å². The fraction of sp³-hybridized carbons (Fsp3) is 0.462. The maximum Gasteiger partial charge on any atom is 0.501 e. The van der Waals surface area contributed by atoms with E-state index in [9.17, 15) is 26.4 Å². The number of alkyl halides is 3. The van der Waals surface area contributed by atoms with Crippen LogP contribution in [0.25, 0.3) is 0 Å². The first-order valence-electron chi connectivity index (χ1n) is 6.55. The molecule has 0 N–H and O–H groups in total. The van der Waals surface area contributed by atoms with Crippen LogP contribution in [0.3, 0.4) is 0 Å². The molecule has 0 spiro atoms. The number of halogens is 3. The molecule has 0 atom stereocenters. The Morgan fingerprint density at radius 3 is 2.14 bits per heavy atom. The molecule has 1 aliphatic heterocycles. The van der Waals surface area contributed by atoms with Gasteiger partial charge in [-0.15, -0.1) is 0 Å². The van der Waals surface area contributed by atoms with Gasteiger partial charge in [-0.3, -0.25) is 4.79 Å². The summed E-state index contributed by atoms with van der Waals surface area (Å²) in [6.45, 7) is 2.66. The van der Waals surface area contributed by atoms with Crippen molar-refractivity contribution < 1.29 is 26.4 Å². The fourth-order valence-corrected chi connectivity index (χ4v) is 3.31. The molecule has 22 heavy (non-hydrogen) atoms. The van der Waals surface area contributed by atoms with Crippen molar-refractivity contribution >= 4 is 21.4 Å². The van der Waals surface area contributed by atoms with E-state index in [0.717, 1.165) is 6.07 Å². The molecule has 1 fully saturated rings. The Balaban J connectivity index is 2.33. The van der Waals surface area contributed by atoms with E-state index in [0.29, 0.717) is 13.1 Å². The van der Waals surface area contributed by atoms with Crippen LogP contribution >= 0.6 is 0 Å². The Morgan fingerprint density at radius 1 is 1.09 bits per heavy atom. The summed E-state index contributed by atoms with van der Waals surface area (Å²) in [4.78, 5) is 13.6. The molecule has 0 saturated carbocycles. The maximum atomic E-state index is 12.8. The lowest BCUT2D eigenvalue weighted by Gasteiger charge is -2.36. The number of sulfone groups is 1. The lowest BCUT2D eigenvalue weighted by atomic mass is 10.2. The first kappa shape index (κ1) is 16.6. The summed E-state index contributed by atoms with van der Waals surface area (Å²) >= 11 is 0. The second-order valence-electron chi connectivity index (χ2n) is 4.91. The minimum atomic E-state index is -5.41. The van der Waals surface area contributed by atoms with Crippen LogP contribution in [0.15, 0.2) is 29.2 Å². The molecule has 1 aromatic rings. The third-order valence-electron chi connectivity index (χ3n) is 3.53. The Hall–Kier alpha value is -1.77. The molecule has 0 radical (unpaired) electrons. The highest BCUT2D eigenvalue weighted by Gasteiger charge is 2.48. The van der Waals surface area contributed by atoms with Gasteiger partial charge >= 0.3 is 5.51 Å². The SMILES string of the molecule is CC(=O)N1CCN(c2ccccc2S(=O)(=O)C(F)(F)F)CC1. The van der Waals surface area contributed by atoms with Crippen molar-refractivity contribution in [2.75, 3.05) is 31.1 Å². The number of hydrogen-bond acceptors (Lipinski definition) is 4. The zero-order chi connectivity index (χ0) is 16.5. The fourth-order valence-electron chi connectivity index (χ4n) is 2.33. The predicted octanol–water partition coefficient (Wildman–Crippen LogP) is 1.65. The lowest BCUT2D eigenvalue weighted by Crippen LogP contribution is -2.48. The van der Waals surface area contributed by atoms with Crippen molar-refractivity contribution in [3.8, 4) is 0 Å². The Bertz CT molecular complexity index is 665. The molecule has 122 valence electrons. The molecule has 1 heterocycles. The first-order chi connectivity index (χ1) is 10.1. The summed E-state index contributed by atoms with van der Waals surface area (Å²) in [6, 6.07) is 5.05. The molecule has 1 saturated heterocycles. The van der Waals surface area contributed by atoms with Crippen molar-refractivity contribution in [3.05, 3.63) is 24.3 Å². The van der Waals surface area contributed by atoms with Crippen molar-refractivity contribution in [1.82, 2.24) is 4.90 Å². The number of piperazine rings is 1. The number of para-hydroxylation sites is 1. The van der Waals surface area contributed by atoms with E-state index in [1.54, 1.807) is 9.80 Å². The van der Waals surface area contributed by atoms with E-state index in [-0.39, 0.29) is 24.7 Å². The lowest BCUT2D eigenvalue weighted by molar-refractivity contribution is -0.129. The Kier molecular flexibility index (Phi) is 4.37. The van der Waals surface area contributed by atoms with Gasteiger partial charge in [0.2, 0.25) is 5.91 Å². The maximum absolute atomic E-state index is 12.8. The smallest absolute Gasteiger partial charge is 0.367 e. The van der Waals surface area contributed by atoms with Crippen molar-refractivity contribution in [2.24, 2.45) is 0 Å². The molecule has 9 heteroatoms. The van der Waals surface area contributed by atoms with Crippen molar-refractivity contribution in [1.29, 1.82) is 0 Å². The number of benzene rings is 1. The van der Waals surface area contributed by atoms with E-state index in [2.05, 4.69) is 0 Å². The normalized spacial score (nSPS) is 16.7. The highest BCUT2D eigenvalue weighted by atomic mass is 32.2. The summed E-state index contributed by atoms with van der Waals surface area (Å²) in [5, 5.41) is 0. The van der Waals surface area contributed by atoms with Gasteiger partial charge < -0.3 is 9.80 Å². The second-order valence-corrected chi connectivity index (χ2v) is 6.82. The number of nitrogens with zero attached hydrogens (tertiary/aromatic N) is 2. The summed E-state index contributed by atoms with van der Waals surface area (Å²) in [7, 11) is -5.41. The van der Waals surface area contributed by atoms with Gasteiger partial charge in [-0.05, 0) is 12.1 Å². The quantitative estimate of drug-likeness (QED) is 0.824. The number of anilines is 1. The molecule has 2 rings (SSSR count). The average molecular weight is 336 g/mol. The van der Waals surface area contributed by atoms with Gasteiger partial charge in [0.15, 0.2) is 0 Å². The van der Waals surface area contributed by atoms with Crippen LogP contribution < -0.4 is 4.90 Å². The van der Waals surface area contributed by atoms with E-state index in [1.807, 2.05) is 0 Å². The monoisotopic (exact) mass is 336 g/mol. The number of carbonyl (C=O) groups is 1. The first-order valence-corrected chi connectivity index (χ1v) is 8.04. The van der Waals surface area contributed by atoms with Crippen LogP contribution in [-0.4, -0.2) is 50.9 Å². The Morgan fingerprint density at radius 2 is 1.64 bits per heavy atom. The summed E-state index contributed by atoms with van der Waals surface area (Å²) < 4.78 is 61.7. The van der Waals surface area contributed by atoms with E-state index in [4.69, 9.17) is 0 Å². The zero-order valence-corrected chi connectivity index (χ0v) is 12.6. The molecule has 0 aromatic heterocycles. The highest BCUT2D eigenvalue weighted by molar-refractivity contribution is 7.92. The van der Waals surface area contributed by atoms with Gasteiger partial charge in [0.1, 0.15) is 0 Å². The third-order valence-corrected chi connectivity index (χ3v) is 5.06. The van der Waals surface area contributed by atoms with Gasteiger partial charge in [-0.2, -0.15) is 13.2 Å². The summed E-state index contributed by atoms with van der Waals surface area (Å²) in [5.74, 6) is -0.115. The van der Waals surface area contributed by atoms with Crippen LogP contribution in [0.2, 0.25) is 0 Å². The van der Waals surface area contributed by atoms with Crippen LogP contribution in [0.1, 0.15) is 6.92 Å². The molecule has 0 unspecified atom stereocenters. The summed E-state index contributed by atoms with van der Waals surface area (Å²) in [5.41, 5.74) is -5.33. The largest absolute Gasteiger partial charge is 0.501 e. The topological polar surface area (TPSA) is 57.7 Å². The number of carbonyl (C=O) groups excluding carboxylic acids is 1. The van der Waals surface area contributed by atoms with E-state index in [1.165, 1.54) is 25.1 Å². The minimum absolute atomic E-state index is 0.0167. The predicted molar refractivity (Wildman–Crippen MR) is 74.1 cm³/mol. The molecule has 0 bridgehead atoms. The van der Waals surface area contributed by atoms with Crippen LogP contribution in [0.4, 0.5) is 18.9 Å². The van der Waals surface area contributed by atoms with Crippen LogP contribution in [0.5, 0.6) is 0 Å².